The summed E-state index contributed by atoms with van der Waals surface area (Å²) >= 11 is 0. The van der Waals surface area contributed by atoms with E-state index in [4.69, 9.17) is 4.74 Å². The highest BCUT2D eigenvalue weighted by atomic mass is 16.5. The number of unbranched alkanes of at least 4 members (excludes halogenated alkanes) is 1. The van der Waals surface area contributed by atoms with Crippen LogP contribution in [-0.4, -0.2) is 63.8 Å². The highest BCUT2D eigenvalue weighted by Crippen LogP contribution is 2.15. The molecule has 0 aliphatic carbocycles. The summed E-state index contributed by atoms with van der Waals surface area (Å²) in [7, 11) is 1.82. The van der Waals surface area contributed by atoms with E-state index in [0.29, 0.717) is 5.92 Å². The second kappa shape index (κ2) is 13.5. The number of likely N-dealkylation sites (tertiary alicyclic amines) is 1. The van der Waals surface area contributed by atoms with E-state index in [1.54, 1.807) is 0 Å². The minimum absolute atomic E-state index is 0.709. The highest BCUT2D eigenvalue weighted by Gasteiger charge is 2.15. The van der Waals surface area contributed by atoms with E-state index in [9.17, 15) is 0 Å². The van der Waals surface area contributed by atoms with Gasteiger partial charge in [-0.3, -0.25) is 4.99 Å². The summed E-state index contributed by atoms with van der Waals surface area (Å²) in [5.41, 5.74) is 0. The van der Waals surface area contributed by atoms with Crippen LogP contribution in [0.4, 0.5) is 0 Å². The van der Waals surface area contributed by atoms with Gasteiger partial charge in [0.1, 0.15) is 0 Å². The predicted molar refractivity (Wildman–Crippen MR) is 104 cm³/mol. The lowest BCUT2D eigenvalue weighted by Gasteiger charge is -2.30. The van der Waals surface area contributed by atoms with E-state index in [1.165, 1.54) is 45.3 Å². The summed E-state index contributed by atoms with van der Waals surface area (Å²) in [6, 6.07) is 0. The molecule has 1 fully saturated rings. The highest BCUT2D eigenvalue weighted by molar-refractivity contribution is 5.79. The second-order valence-electron chi connectivity index (χ2n) is 7.48. The molecule has 1 aliphatic rings. The lowest BCUT2D eigenvalue weighted by atomic mass is 10.0. The molecule has 0 aromatic heterocycles. The summed E-state index contributed by atoms with van der Waals surface area (Å²) in [4.78, 5) is 6.88. The van der Waals surface area contributed by atoms with E-state index in [2.05, 4.69) is 41.3 Å². The van der Waals surface area contributed by atoms with Crippen molar-refractivity contribution in [3.05, 3.63) is 0 Å². The van der Waals surface area contributed by atoms with Gasteiger partial charge in [0.15, 0.2) is 5.96 Å². The third-order valence-corrected chi connectivity index (χ3v) is 4.54. The van der Waals surface area contributed by atoms with E-state index in [0.717, 1.165) is 44.6 Å². The average Bonchev–Trinajstić information content (AvgIpc) is 2.55. The van der Waals surface area contributed by atoms with Gasteiger partial charge in [0, 0.05) is 33.3 Å². The van der Waals surface area contributed by atoms with Crippen LogP contribution in [0.15, 0.2) is 4.99 Å². The summed E-state index contributed by atoms with van der Waals surface area (Å²) < 4.78 is 5.61. The molecular formula is C19H40N4O. The topological polar surface area (TPSA) is 48.9 Å². The first kappa shape index (κ1) is 21.2. The van der Waals surface area contributed by atoms with E-state index in [-0.39, 0.29) is 0 Å². The number of nitrogens with zero attached hydrogens (tertiary/aromatic N) is 2. The molecule has 0 radical (unpaired) electrons. The SMILES string of the molecule is CN=C(NCCCCN1CCCC(C)C1)NCCOCCC(C)C. The van der Waals surface area contributed by atoms with Gasteiger partial charge >= 0.3 is 0 Å². The molecule has 1 heterocycles. The fraction of sp³-hybridized carbons (Fsp3) is 0.947. The number of ether oxygens (including phenoxy) is 1. The Balaban J connectivity index is 1.96. The molecule has 0 spiro atoms. The van der Waals surface area contributed by atoms with Crippen molar-refractivity contribution in [2.24, 2.45) is 16.8 Å². The maximum Gasteiger partial charge on any atom is 0.191 e. The van der Waals surface area contributed by atoms with Gasteiger partial charge in [-0.05, 0) is 57.0 Å². The van der Waals surface area contributed by atoms with Crippen LogP contribution in [0.3, 0.4) is 0 Å². The minimum atomic E-state index is 0.709. The van der Waals surface area contributed by atoms with Crippen molar-refractivity contribution in [2.45, 2.75) is 52.9 Å². The van der Waals surface area contributed by atoms with Crippen molar-refractivity contribution in [3.8, 4) is 0 Å². The van der Waals surface area contributed by atoms with Gasteiger partial charge in [-0.1, -0.05) is 20.8 Å². The standard InChI is InChI=1S/C19H40N4O/c1-17(2)9-14-24-15-11-22-19(20-4)21-10-5-6-12-23-13-7-8-18(3)16-23/h17-18H,5-16H2,1-4H3,(H2,20,21,22). The van der Waals surface area contributed by atoms with Crippen molar-refractivity contribution in [3.63, 3.8) is 0 Å². The van der Waals surface area contributed by atoms with Crippen LogP contribution in [-0.2, 0) is 4.74 Å². The third kappa shape index (κ3) is 10.9. The lowest BCUT2D eigenvalue weighted by molar-refractivity contribution is 0.128. The maximum atomic E-state index is 5.61. The van der Waals surface area contributed by atoms with Crippen LogP contribution in [0.5, 0.6) is 0 Å². The zero-order valence-electron chi connectivity index (χ0n) is 16.4. The summed E-state index contributed by atoms with van der Waals surface area (Å²) in [5.74, 6) is 2.47. The molecule has 5 nitrogen and oxygen atoms in total. The number of guanidine groups is 1. The number of piperidine rings is 1. The van der Waals surface area contributed by atoms with Gasteiger partial charge < -0.3 is 20.3 Å². The first-order valence-corrected chi connectivity index (χ1v) is 9.86. The monoisotopic (exact) mass is 340 g/mol. The molecule has 0 bridgehead atoms. The zero-order valence-corrected chi connectivity index (χ0v) is 16.4. The summed E-state index contributed by atoms with van der Waals surface area (Å²) in [5, 5.41) is 6.70. The number of nitrogens with one attached hydrogen (secondary N) is 2. The van der Waals surface area contributed by atoms with Gasteiger partial charge in [-0.25, -0.2) is 0 Å². The largest absolute Gasteiger partial charge is 0.380 e. The second-order valence-corrected chi connectivity index (χ2v) is 7.48. The number of rotatable bonds is 11. The van der Waals surface area contributed by atoms with Crippen LogP contribution < -0.4 is 10.6 Å². The molecule has 0 amide bonds. The van der Waals surface area contributed by atoms with Gasteiger partial charge in [0.2, 0.25) is 0 Å². The number of hydrogen-bond donors (Lipinski definition) is 2. The molecule has 0 saturated carbocycles. The Morgan fingerprint density at radius 1 is 1.21 bits per heavy atom. The molecule has 1 saturated heterocycles. The predicted octanol–water partition coefficient (Wildman–Crippen LogP) is 2.73. The molecule has 1 unspecified atom stereocenters. The Hall–Kier alpha value is -0.810. The Morgan fingerprint density at radius 2 is 2.00 bits per heavy atom. The van der Waals surface area contributed by atoms with Crippen LogP contribution in [0.1, 0.15) is 52.9 Å². The van der Waals surface area contributed by atoms with Crippen molar-refractivity contribution >= 4 is 5.96 Å². The number of aliphatic imine (C=N–C) groups is 1. The molecule has 0 aromatic carbocycles. The fourth-order valence-electron chi connectivity index (χ4n) is 3.04. The lowest BCUT2D eigenvalue weighted by Crippen LogP contribution is -2.39. The minimum Gasteiger partial charge on any atom is -0.380 e. The fourth-order valence-corrected chi connectivity index (χ4v) is 3.04. The smallest absolute Gasteiger partial charge is 0.191 e. The van der Waals surface area contributed by atoms with Crippen LogP contribution in [0.2, 0.25) is 0 Å². The molecule has 1 rings (SSSR count). The van der Waals surface area contributed by atoms with Gasteiger partial charge in [0.25, 0.3) is 0 Å². The summed E-state index contributed by atoms with van der Waals surface area (Å²) in [6.45, 7) is 14.0. The average molecular weight is 341 g/mol. The Bertz CT molecular complexity index is 333. The van der Waals surface area contributed by atoms with Gasteiger partial charge in [0.05, 0.1) is 6.61 Å². The normalized spacial score (nSPS) is 19.7. The van der Waals surface area contributed by atoms with Crippen LogP contribution in [0.25, 0.3) is 0 Å². The molecule has 1 atom stereocenters. The van der Waals surface area contributed by atoms with Crippen molar-refractivity contribution in [1.29, 1.82) is 0 Å². The Kier molecular flexibility index (Phi) is 11.9. The maximum absolute atomic E-state index is 5.61. The van der Waals surface area contributed by atoms with E-state index in [1.807, 2.05) is 7.05 Å². The van der Waals surface area contributed by atoms with E-state index >= 15 is 0 Å². The van der Waals surface area contributed by atoms with Crippen molar-refractivity contribution in [2.75, 3.05) is 53.0 Å². The number of hydrogen-bond acceptors (Lipinski definition) is 3. The third-order valence-electron chi connectivity index (χ3n) is 4.54. The Morgan fingerprint density at radius 3 is 2.71 bits per heavy atom. The molecule has 24 heavy (non-hydrogen) atoms. The van der Waals surface area contributed by atoms with Gasteiger partial charge in [-0.2, -0.15) is 0 Å². The molecule has 142 valence electrons. The Labute approximate surface area is 149 Å². The van der Waals surface area contributed by atoms with Crippen LogP contribution in [0, 0.1) is 11.8 Å². The van der Waals surface area contributed by atoms with Crippen molar-refractivity contribution < 1.29 is 4.74 Å². The zero-order chi connectivity index (χ0) is 17.6. The van der Waals surface area contributed by atoms with E-state index < -0.39 is 0 Å². The molecular weight excluding hydrogens is 300 g/mol. The van der Waals surface area contributed by atoms with Gasteiger partial charge in [-0.15, -0.1) is 0 Å². The van der Waals surface area contributed by atoms with Crippen LogP contribution >= 0.6 is 0 Å². The first-order valence-electron chi connectivity index (χ1n) is 9.86. The molecule has 2 N–H and O–H groups in total. The first-order chi connectivity index (χ1) is 11.6. The molecule has 0 aromatic rings. The van der Waals surface area contributed by atoms with Crippen molar-refractivity contribution in [1.82, 2.24) is 15.5 Å². The summed E-state index contributed by atoms with van der Waals surface area (Å²) in [6.07, 6.45) is 6.35. The quantitative estimate of drug-likeness (QED) is 0.345. The molecule has 5 heteroatoms. The molecule has 1 aliphatic heterocycles.